The smallest absolute Gasteiger partial charge is 0.256 e. The van der Waals surface area contributed by atoms with E-state index in [4.69, 9.17) is 4.74 Å². The fourth-order valence-electron chi connectivity index (χ4n) is 2.81. The average molecular weight is 283 g/mol. The van der Waals surface area contributed by atoms with Gasteiger partial charge in [-0.05, 0) is 19.3 Å². The predicted octanol–water partition coefficient (Wildman–Crippen LogP) is 2.02. The first kappa shape index (κ1) is 12.4. The Morgan fingerprint density at radius 3 is 2.52 bits per heavy atom. The van der Waals surface area contributed by atoms with Crippen LogP contribution in [0.1, 0.15) is 46.3 Å². The van der Waals surface area contributed by atoms with Crippen molar-refractivity contribution in [2.45, 2.75) is 25.5 Å². The van der Waals surface area contributed by atoms with Crippen molar-refractivity contribution in [1.82, 2.24) is 15.0 Å². The maximum atomic E-state index is 12.2. The lowest BCUT2D eigenvalue weighted by Crippen LogP contribution is -2.22. The first-order valence-corrected chi connectivity index (χ1v) is 7.02. The van der Waals surface area contributed by atoms with Crippen LogP contribution in [-0.4, -0.2) is 33.2 Å². The fraction of sp³-hybridized carbons (Fsp3) is 0.333. The van der Waals surface area contributed by atoms with Gasteiger partial charge in [0.15, 0.2) is 11.9 Å². The number of hydrogen-bond acceptors (Lipinski definition) is 5. The zero-order valence-corrected chi connectivity index (χ0v) is 11.3. The molecule has 21 heavy (non-hydrogen) atoms. The number of carbonyl (C=O) groups is 2. The number of benzene rings is 1. The first-order chi connectivity index (χ1) is 10.3. The molecule has 1 aromatic carbocycles. The molecule has 106 valence electrons. The van der Waals surface area contributed by atoms with Gasteiger partial charge in [0.2, 0.25) is 5.78 Å². The molecule has 1 aromatic heterocycles. The van der Waals surface area contributed by atoms with Crippen molar-refractivity contribution in [2.75, 3.05) is 6.61 Å². The molecule has 0 radical (unpaired) electrons. The standard InChI is InChI=1S/C15H13N3O3/c19-14-10-6-2-1-5-9(10)12-13(15(14)20)17-18(16-12)11-7-3-4-8-21-11/h1-2,5-6,11H,3-4,7-8H2. The Bertz CT molecular complexity index is 744. The van der Waals surface area contributed by atoms with Gasteiger partial charge < -0.3 is 4.74 Å². The van der Waals surface area contributed by atoms with Crippen molar-refractivity contribution < 1.29 is 14.3 Å². The second-order valence-electron chi connectivity index (χ2n) is 5.24. The zero-order valence-electron chi connectivity index (χ0n) is 11.3. The number of rotatable bonds is 1. The Kier molecular flexibility index (Phi) is 2.71. The number of nitrogens with zero attached hydrogens (tertiary/aromatic N) is 3. The quantitative estimate of drug-likeness (QED) is 0.748. The topological polar surface area (TPSA) is 74.1 Å². The molecular formula is C15H13N3O3. The third-order valence-corrected chi connectivity index (χ3v) is 3.89. The summed E-state index contributed by atoms with van der Waals surface area (Å²) in [7, 11) is 0. The minimum Gasteiger partial charge on any atom is -0.355 e. The predicted molar refractivity (Wildman–Crippen MR) is 73.0 cm³/mol. The number of aromatic nitrogens is 3. The third kappa shape index (κ3) is 1.83. The van der Waals surface area contributed by atoms with Gasteiger partial charge in [0.1, 0.15) is 5.69 Å². The highest BCUT2D eigenvalue weighted by molar-refractivity contribution is 6.52. The summed E-state index contributed by atoms with van der Waals surface area (Å²) in [5.74, 6) is -1.11. The molecule has 6 nitrogen and oxygen atoms in total. The van der Waals surface area contributed by atoms with E-state index in [1.165, 1.54) is 4.80 Å². The molecule has 1 unspecified atom stereocenters. The van der Waals surface area contributed by atoms with Crippen LogP contribution < -0.4 is 0 Å². The number of fused-ring (bicyclic) bond motifs is 3. The molecule has 0 spiro atoms. The maximum Gasteiger partial charge on any atom is 0.256 e. The molecule has 2 aromatic rings. The van der Waals surface area contributed by atoms with E-state index in [-0.39, 0.29) is 11.9 Å². The first-order valence-electron chi connectivity index (χ1n) is 7.02. The van der Waals surface area contributed by atoms with Crippen LogP contribution >= 0.6 is 0 Å². The van der Waals surface area contributed by atoms with E-state index in [1.54, 1.807) is 18.2 Å². The van der Waals surface area contributed by atoms with Gasteiger partial charge in [0, 0.05) is 17.7 Å². The molecule has 1 saturated heterocycles. The minimum absolute atomic E-state index is 0.132. The number of Topliss-reactive ketones (excluding diaryl/α,β-unsaturated/α-hetero) is 2. The highest BCUT2D eigenvalue weighted by Gasteiger charge is 2.35. The number of hydrogen-bond donors (Lipinski definition) is 0. The SMILES string of the molecule is O=C1C(=O)c2nn(C3CCCCO3)nc2-c2ccccc21. The van der Waals surface area contributed by atoms with Gasteiger partial charge in [-0.3, -0.25) is 9.59 Å². The Hall–Kier alpha value is -2.34. The van der Waals surface area contributed by atoms with Crippen LogP contribution in [0.15, 0.2) is 24.3 Å². The Balaban J connectivity index is 1.84. The van der Waals surface area contributed by atoms with Gasteiger partial charge in [-0.25, -0.2) is 0 Å². The highest BCUT2D eigenvalue weighted by atomic mass is 16.5. The molecule has 1 atom stereocenters. The van der Waals surface area contributed by atoms with Crippen molar-refractivity contribution in [2.24, 2.45) is 0 Å². The molecule has 4 rings (SSSR count). The maximum absolute atomic E-state index is 12.2. The van der Waals surface area contributed by atoms with Gasteiger partial charge in [-0.1, -0.05) is 24.3 Å². The van der Waals surface area contributed by atoms with Crippen LogP contribution in [0, 0.1) is 0 Å². The van der Waals surface area contributed by atoms with E-state index >= 15 is 0 Å². The van der Waals surface area contributed by atoms with Crippen molar-refractivity contribution in [3.8, 4) is 11.3 Å². The summed E-state index contributed by atoms with van der Waals surface area (Å²) in [5.41, 5.74) is 1.67. The summed E-state index contributed by atoms with van der Waals surface area (Å²) in [4.78, 5) is 25.7. The van der Waals surface area contributed by atoms with E-state index in [2.05, 4.69) is 10.2 Å². The number of ether oxygens (including phenoxy) is 1. The van der Waals surface area contributed by atoms with Crippen molar-refractivity contribution >= 4 is 11.6 Å². The van der Waals surface area contributed by atoms with Crippen molar-refractivity contribution in [3.05, 3.63) is 35.5 Å². The minimum atomic E-state index is -0.592. The van der Waals surface area contributed by atoms with Gasteiger partial charge in [-0.15, -0.1) is 10.2 Å². The van der Waals surface area contributed by atoms with Crippen LogP contribution in [0.3, 0.4) is 0 Å². The van der Waals surface area contributed by atoms with Gasteiger partial charge in [0.05, 0.1) is 0 Å². The summed E-state index contributed by atoms with van der Waals surface area (Å²) >= 11 is 0. The highest BCUT2D eigenvalue weighted by Crippen LogP contribution is 2.32. The summed E-state index contributed by atoms with van der Waals surface area (Å²) in [6.07, 6.45) is 2.63. The van der Waals surface area contributed by atoms with E-state index in [1.807, 2.05) is 6.07 Å². The average Bonchev–Trinajstić information content (AvgIpc) is 2.99. The third-order valence-electron chi connectivity index (χ3n) is 3.89. The number of ketones is 2. The lowest BCUT2D eigenvalue weighted by atomic mass is 9.90. The molecule has 2 heterocycles. The lowest BCUT2D eigenvalue weighted by molar-refractivity contribution is -0.0480. The van der Waals surface area contributed by atoms with Crippen LogP contribution in [-0.2, 0) is 4.74 Å². The molecule has 1 fully saturated rings. The van der Waals surface area contributed by atoms with E-state index in [9.17, 15) is 9.59 Å². The summed E-state index contributed by atoms with van der Waals surface area (Å²) in [6.45, 7) is 0.667. The van der Waals surface area contributed by atoms with Crippen LogP contribution in [0.4, 0.5) is 0 Å². The molecule has 1 aliphatic carbocycles. The monoisotopic (exact) mass is 283 g/mol. The molecule has 0 N–H and O–H groups in total. The van der Waals surface area contributed by atoms with Gasteiger partial charge in [0.25, 0.3) is 5.78 Å². The largest absolute Gasteiger partial charge is 0.355 e. The number of carbonyl (C=O) groups excluding carboxylic acids is 2. The second kappa shape index (κ2) is 4.60. The van der Waals surface area contributed by atoms with Crippen LogP contribution in [0.2, 0.25) is 0 Å². The van der Waals surface area contributed by atoms with E-state index < -0.39 is 11.6 Å². The Labute approximate surface area is 120 Å². The Morgan fingerprint density at radius 2 is 1.76 bits per heavy atom. The van der Waals surface area contributed by atoms with Crippen molar-refractivity contribution in [3.63, 3.8) is 0 Å². The van der Waals surface area contributed by atoms with Gasteiger partial charge >= 0.3 is 0 Å². The summed E-state index contributed by atoms with van der Waals surface area (Å²) in [6, 6.07) is 7.00. The Morgan fingerprint density at radius 1 is 1.00 bits per heavy atom. The molecule has 0 amide bonds. The zero-order chi connectivity index (χ0) is 14.4. The lowest BCUT2D eigenvalue weighted by Gasteiger charge is -2.21. The summed E-state index contributed by atoms with van der Waals surface area (Å²) < 4.78 is 5.63. The van der Waals surface area contributed by atoms with Crippen LogP contribution in [0.25, 0.3) is 11.3 Å². The second-order valence-corrected chi connectivity index (χ2v) is 5.24. The molecule has 0 saturated carbocycles. The fourth-order valence-corrected chi connectivity index (χ4v) is 2.81. The normalized spacial score (nSPS) is 21.0. The van der Waals surface area contributed by atoms with E-state index in [0.29, 0.717) is 23.4 Å². The molecule has 1 aliphatic heterocycles. The van der Waals surface area contributed by atoms with Crippen LogP contribution in [0.5, 0.6) is 0 Å². The molecular weight excluding hydrogens is 270 g/mol. The molecule has 6 heteroatoms. The molecule has 0 bridgehead atoms. The molecule has 2 aliphatic rings. The van der Waals surface area contributed by atoms with Gasteiger partial charge in [-0.2, -0.15) is 4.80 Å². The van der Waals surface area contributed by atoms with E-state index in [0.717, 1.165) is 19.3 Å². The summed E-state index contributed by atoms with van der Waals surface area (Å²) in [5, 5.41) is 8.62. The van der Waals surface area contributed by atoms with Crippen molar-refractivity contribution in [1.29, 1.82) is 0 Å².